The Labute approximate surface area is 212 Å². The molecule has 1 saturated carbocycles. The third-order valence-electron chi connectivity index (χ3n) is 10.4. The standard InChI is InChI=1S/C31H47NO3/c1-18(2)10-9-11-19(3)22-14-15-30(7)28-24(32)16-23-21(27(28)25(34)17-31(22,30)8)12-13-26(29(23,5)6)35-20(4)33/h16,18-19,22,26H,9-15,17,32H2,1-8H3/t19?,22?,26?,30-,31+/m0/s1. The fraction of sp³-hybridized carbons (Fsp3) is 0.742. The van der Waals surface area contributed by atoms with Gasteiger partial charge in [0.05, 0.1) is 0 Å². The van der Waals surface area contributed by atoms with Crippen molar-refractivity contribution in [3.8, 4) is 0 Å². The van der Waals surface area contributed by atoms with Crippen LogP contribution in [0.15, 0.2) is 6.07 Å². The van der Waals surface area contributed by atoms with E-state index < -0.39 is 0 Å². The van der Waals surface area contributed by atoms with Gasteiger partial charge >= 0.3 is 5.97 Å². The van der Waals surface area contributed by atoms with E-state index in [2.05, 4.69) is 54.5 Å². The number of Topliss-reactive ketones (excluding diaryl/α,β-unsaturated/α-hetero) is 1. The second-order valence-electron chi connectivity index (χ2n) is 13.4. The highest BCUT2D eigenvalue weighted by Crippen LogP contribution is 2.66. The Bertz CT molecular complexity index is 1020. The number of rotatable bonds is 6. The van der Waals surface area contributed by atoms with Crippen molar-refractivity contribution in [2.45, 2.75) is 124 Å². The minimum Gasteiger partial charge on any atom is -0.462 e. The maximum absolute atomic E-state index is 14.0. The van der Waals surface area contributed by atoms with Crippen molar-refractivity contribution in [1.82, 2.24) is 0 Å². The number of ether oxygens (including phenoxy) is 1. The first-order valence-electron chi connectivity index (χ1n) is 13.9. The topological polar surface area (TPSA) is 69.4 Å². The molecule has 4 heteroatoms. The van der Waals surface area contributed by atoms with Gasteiger partial charge in [0.1, 0.15) is 6.10 Å². The van der Waals surface area contributed by atoms with E-state index in [1.165, 1.54) is 32.6 Å². The van der Waals surface area contributed by atoms with Gasteiger partial charge in [0.15, 0.2) is 5.78 Å². The van der Waals surface area contributed by atoms with Gasteiger partial charge in [-0.2, -0.15) is 0 Å². The van der Waals surface area contributed by atoms with Crippen molar-refractivity contribution in [3.05, 3.63) is 28.3 Å². The van der Waals surface area contributed by atoms with E-state index in [4.69, 9.17) is 10.5 Å². The highest BCUT2D eigenvalue weighted by atomic mass is 16.5. The van der Waals surface area contributed by atoms with Gasteiger partial charge in [-0.15, -0.1) is 0 Å². The van der Waals surface area contributed by atoms with Gasteiger partial charge in [-0.25, -0.2) is 0 Å². The molecule has 1 aromatic carbocycles. The van der Waals surface area contributed by atoms with Gasteiger partial charge in [-0.1, -0.05) is 67.7 Å². The molecule has 3 aliphatic carbocycles. The van der Waals surface area contributed by atoms with E-state index in [-0.39, 0.29) is 34.1 Å². The molecule has 0 aliphatic heterocycles. The lowest BCUT2D eigenvalue weighted by atomic mass is 9.51. The van der Waals surface area contributed by atoms with Crippen molar-refractivity contribution in [3.63, 3.8) is 0 Å². The second-order valence-corrected chi connectivity index (χ2v) is 13.4. The van der Waals surface area contributed by atoms with Crippen LogP contribution in [-0.4, -0.2) is 17.9 Å². The van der Waals surface area contributed by atoms with Gasteiger partial charge in [0, 0.05) is 35.4 Å². The minimum atomic E-state index is -0.381. The predicted octanol–water partition coefficient (Wildman–Crippen LogP) is 7.15. The lowest BCUT2D eigenvalue weighted by molar-refractivity contribution is -0.150. The summed E-state index contributed by atoms with van der Waals surface area (Å²) in [6.45, 7) is 17.5. The molecule has 0 aromatic heterocycles. The van der Waals surface area contributed by atoms with Crippen LogP contribution < -0.4 is 5.73 Å². The molecule has 0 heterocycles. The van der Waals surface area contributed by atoms with Crippen LogP contribution >= 0.6 is 0 Å². The second kappa shape index (κ2) is 8.92. The molecule has 5 atom stereocenters. The van der Waals surface area contributed by atoms with Gasteiger partial charge in [-0.3, -0.25) is 9.59 Å². The van der Waals surface area contributed by atoms with E-state index >= 15 is 0 Å². The Hall–Kier alpha value is -1.84. The SMILES string of the molecule is CC(=O)OC1CCc2c(cc(N)c3c2C(=O)C[C@]2(C)C(C(C)CCCC(C)C)CC[C@@]32C)C1(C)C. The summed E-state index contributed by atoms with van der Waals surface area (Å²) in [6, 6.07) is 2.12. The van der Waals surface area contributed by atoms with E-state index in [0.29, 0.717) is 18.3 Å². The van der Waals surface area contributed by atoms with Crippen LogP contribution in [0.2, 0.25) is 0 Å². The summed E-state index contributed by atoms with van der Waals surface area (Å²) < 4.78 is 5.70. The molecule has 35 heavy (non-hydrogen) atoms. The third-order valence-corrected chi connectivity index (χ3v) is 10.4. The summed E-state index contributed by atoms with van der Waals surface area (Å²) in [5, 5.41) is 0. The van der Waals surface area contributed by atoms with Crippen LogP contribution in [0.1, 0.15) is 127 Å². The maximum Gasteiger partial charge on any atom is 0.302 e. The van der Waals surface area contributed by atoms with Crippen molar-refractivity contribution < 1.29 is 14.3 Å². The zero-order valence-corrected chi connectivity index (χ0v) is 23.3. The molecular formula is C31H47NO3. The number of carbonyl (C=O) groups excluding carboxylic acids is 2. The van der Waals surface area contributed by atoms with Gasteiger partial charge in [0.25, 0.3) is 0 Å². The van der Waals surface area contributed by atoms with Crippen molar-refractivity contribution in [1.29, 1.82) is 0 Å². The zero-order chi connectivity index (χ0) is 25.9. The molecule has 1 aromatic rings. The average molecular weight is 482 g/mol. The van der Waals surface area contributed by atoms with Crippen LogP contribution in [-0.2, 0) is 26.8 Å². The molecule has 0 saturated heterocycles. The minimum absolute atomic E-state index is 0.0683. The van der Waals surface area contributed by atoms with Gasteiger partial charge in [0.2, 0.25) is 0 Å². The highest BCUT2D eigenvalue weighted by molar-refractivity contribution is 6.03. The number of fused-ring (bicyclic) bond motifs is 5. The lowest BCUT2D eigenvalue weighted by Gasteiger charge is -2.52. The maximum atomic E-state index is 14.0. The number of esters is 1. The van der Waals surface area contributed by atoms with Crippen LogP contribution in [0.3, 0.4) is 0 Å². The molecule has 4 nitrogen and oxygen atoms in total. The van der Waals surface area contributed by atoms with Crippen LogP contribution in [0, 0.1) is 23.2 Å². The molecule has 194 valence electrons. The number of benzene rings is 1. The monoisotopic (exact) mass is 481 g/mol. The predicted molar refractivity (Wildman–Crippen MR) is 143 cm³/mol. The molecule has 3 aliphatic rings. The highest BCUT2D eigenvalue weighted by Gasteiger charge is 2.61. The Balaban J connectivity index is 1.75. The molecule has 2 N–H and O–H groups in total. The summed E-state index contributed by atoms with van der Waals surface area (Å²) in [4.78, 5) is 25.8. The number of ketones is 1. The molecule has 3 unspecified atom stereocenters. The molecular weight excluding hydrogens is 434 g/mol. The summed E-state index contributed by atoms with van der Waals surface area (Å²) >= 11 is 0. The summed E-state index contributed by atoms with van der Waals surface area (Å²) in [6.07, 6.45) is 7.94. The fourth-order valence-corrected chi connectivity index (χ4v) is 8.28. The normalized spacial score (nSPS) is 32.1. The largest absolute Gasteiger partial charge is 0.462 e. The molecule has 0 radical (unpaired) electrons. The number of anilines is 1. The summed E-state index contributed by atoms with van der Waals surface area (Å²) in [7, 11) is 0. The Morgan fingerprint density at radius 1 is 1.14 bits per heavy atom. The van der Waals surface area contributed by atoms with E-state index in [1.807, 2.05) is 0 Å². The van der Waals surface area contributed by atoms with Crippen molar-refractivity contribution >= 4 is 17.4 Å². The number of carbonyl (C=O) groups is 2. The fourth-order valence-electron chi connectivity index (χ4n) is 8.28. The molecule has 0 spiro atoms. The first kappa shape index (κ1) is 26.2. The van der Waals surface area contributed by atoms with E-state index in [9.17, 15) is 9.59 Å². The number of nitrogen functional groups attached to an aromatic ring is 1. The van der Waals surface area contributed by atoms with E-state index in [1.54, 1.807) is 0 Å². The van der Waals surface area contributed by atoms with Gasteiger partial charge < -0.3 is 10.5 Å². The quantitative estimate of drug-likeness (QED) is 0.346. The molecule has 0 amide bonds. The summed E-state index contributed by atoms with van der Waals surface area (Å²) in [5.74, 6) is 1.91. The van der Waals surface area contributed by atoms with Crippen molar-refractivity contribution in [2.75, 3.05) is 5.73 Å². The zero-order valence-electron chi connectivity index (χ0n) is 23.3. The Morgan fingerprint density at radius 2 is 1.83 bits per heavy atom. The van der Waals surface area contributed by atoms with Crippen LogP contribution in [0.4, 0.5) is 5.69 Å². The smallest absolute Gasteiger partial charge is 0.302 e. The molecule has 4 rings (SSSR count). The van der Waals surface area contributed by atoms with Crippen LogP contribution in [0.25, 0.3) is 0 Å². The number of nitrogens with two attached hydrogens (primary N) is 1. The first-order chi connectivity index (χ1) is 16.2. The average Bonchev–Trinajstić information content (AvgIpc) is 3.01. The lowest BCUT2D eigenvalue weighted by Crippen LogP contribution is -2.49. The van der Waals surface area contributed by atoms with Gasteiger partial charge in [-0.05, 0) is 71.6 Å². The third kappa shape index (κ3) is 4.03. The summed E-state index contributed by atoms with van der Waals surface area (Å²) in [5.41, 5.74) is 11.3. The van der Waals surface area contributed by atoms with Crippen molar-refractivity contribution in [2.24, 2.45) is 23.2 Å². The molecule has 1 fully saturated rings. The number of hydrogen-bond donors (Lipinski definition) is 1. The molecule has 0 bridgehead atoms. The van der Waals surface area contributed by atoms with E-state index in [0.717, 1.165) is 53.1 Å². The van der Waals surface area contributed by atoms with Crippen LogP contribution in [0.5, 0.6) is 0 Å². The Morgan fingerprint density at radius 3 is 2.46 bits per heavy atom. The number of hydrogen-bond acceptors (Lipinski definition) is 4. The first-order valence-corrected chi connectivity index (χ1v) is 13.9. The Kier molecular flexibility index (Phi) is 6.69.